The van der Waals surface area contributed by atoms with Crippen molar-refractivity contribution in [2.45, 2.75) is 45.6 Å². The van der Waals surface area contributed by atoms with Crippen LogP contribution in [0.5, 0.6) is 0 Å². The average molecular weight is 458 g/mol. The number of ether oxygens (including phenoxy) is 1. The molecule has 0 atom stereocenters. The van der Waals surface area contributed by atoms with Gasteiger partial charge in [0.25, 0.3) is 0 Å². The van der Waals surface area contributed by atoms with Gasteiger partial charge in [-0.1, -0.05) is 30.7 Å². The molecule has 1 fully saturated rings. The molecule has 1 aromatic carbocycles. The normalized spacial score (nSPS) is 17.0. The molecule has 1 N–H and O–H groups in total. The summed E-state index contributed by atoms with van der Waals surface area (Å²) in [5.74, 6) is -0.257. The molecule has 0 unspecified atom stereocenters. The van der Waals surface area contributed by atoms with E-state index >= 15 is 0 Å². The minimum Gasteiger partial charge on any atom is -0.465 e. The van der Waals surface area contributed by atoms with Crippen molar-refractivity contribution in [2.75, 3.05) is 38.6 Å². The van der Waals surface area contributed by atoms with E-state index in [1.165, 1.54) is 41.5 Å². The van der Waals surface area contributed by atoms with Crippen LogP contribution in [0.2, 0.25) is 0 Å². The Bertz CT molecular complexity index is 948. The molecule has 2 aliphatic rings. The van der Waals surface area contributed by atoms with Gasteiger partial charge < -0.3 is 15.0 Å². The van der Waals surface area contributed by atoms with E-state index in [2.05, 4.69) is 46.3 Å². The molecular formula is C24H31N3O2S2. The van der Waals surface area contributed by atoms with Crippen molar-refractivity contribution in [2.24, 2.45) is 0 Å². The van der Waals surface area contributed by atoms with Gasteiger partial charge in [0.05, 0.1) is 12.7 Å². The lowest BCUT2D eigenvalue weighted by Gasteiger charge is -2.36. The number of hydrogen-bond donors (Lipinski definition) is 1. The molecule has 1 aromatic heterocycles. The van der Waals surface area contributed by atoms with Crippen molar-refractivity contribution in [3.63, 3.8) is 0 Å². The van der Waals surface area contributed by atoms with Crippen LogP contribution in [0, 0.1) is 6.92 Å². The number of methoxy groups -OCH3 is 1. The highest BCUT2D eigenvalue weighted by molar-refractivity contribution is 7.80. The predicted octanol–water partition coefficient (Wildman–Crippen LogP) is 4.63. The highest BCUT2D eigenvalue weighted by Gasteiger charge is 2.27. The van der Waals surface area contributed by atoms with Crippen molar-refractivity contribution in [3.05, 3.63) is 51.4 Å². The molecular weight excluding hydrogens is 426 g/mol. The summed E-state index contributed by atoms with van der Waals surface area (Å²) in [5, 5.41) is 4.96. The van der Waals surface area contributed by atoms with Crippen molar-refractivity contribution in [3.8, 4) is 0 Å². The fraction of sp³-hybridized carbons (Fsp3) is 0.500. The van der Waals surface area contributed by atoms with Crippen LogP contribution in [-0.2, 0) is 24.1 Å². The van der Waals surface area contributed by atoms with Gasteiger partial charge in [-0.05, 0) is 61.5 Å². The summed E-state index contributed by atoms with van der Waals surface area (Å²) >= 11 is 7.42. The van der Waals surface area contributed by atoms with Gasteiger partial charge in [-0.2, -0.15) is 0 Å². The minimum atomic E-state index is -0.257. The molecule has 0 saturated carbocycles. The number of thiocarbonyl (C=S) groups is 1. The number of nitrogens with zero attached hydrogens (tertiary/aromatic N) is 2. The molecule has 1 aliphatic carbocycles. The van der Waals surface area contributed by atoms with Crippen molar-refractivity contribution < 1.29 is 9.53 Å². The van der Waals surface area contributed by atoms with Gasteiger partial charge >= 0.3 is 5.97 Å². The molecule has 2 aromatic rings. The lowest BCUT2D eigenvalue weighted by molar-refractivity contribution is 0.0601. The van der Waals surface area contributed by atoms with Gasteiger partial charge in [0.2, 0.25) is 0 Å². The van der Waals surface area contributed by atoms with Gasteiger partial charge in [-0.3, -0.25) is 4.90 Å². The van der Waals surface area contributed by atoms with E-state index in [1.807, 2.05) is 0 Å². The molecule has 0 spiro atoms. The summed E-state index contributed by atoms with van der Waals surface area (Å²) < 4.78 is 5.11. The first-order chi connectivity index (χ1) is 15.1. The number of piperazine rings is 1. The number of aryl methyl sites for hydroxylation is 2. The number of anilines is 1. The number of carbonyl (C=O) groups is 1. The number of benzene rings is 1. The van der Waals surface area contributed by atoms with Crippen LogP contribution in [0.1, 0.15) is 51.2 Å². The topological polar surface area (TPSA) is 44.8 Å². The Labute approximate surface area is 194 Å². The second-order valence-corrected chi connectivity index (χ2v) is 9.87. The van der Waals surface area contributed by atoms with Crippen LogP contribution in [0.4, 0.5) is 5.00 Å². The molecule has 1 saturated heterocycles. The van der Waals surface area contributed by atoms with Crippen LogP contribution in [-0.4, -0.2) is 54.2 Å². The molecule has 7 heteroatoms. The van der Waals surface area contributed by atoms with Gasteiger partial charge in [0, 0.05) is 37.6 Å². The third-order valence-electron chi connectivity index (χ3n) is 6.35. The lowest BCUT2D eigenvalue weighted by Crippen LogP contribution is -2.49. The molecule has 5 nitrogen and oxygen atoms in total. The Morgan fingerprint density at radius 3 is 2.61 bits per heavy atom. The van der Waals surface area contributed by atoms with Gasteiger partial charge in [-0.15, -0.1) is 11.3 Å². The lowest BCUT2D eigenvalue weighted by atomic mass is 10.1. The van der Waals surface area contributed by atoms with Crippen LogP contribution < -0.4 is 5.32 Å². The first-order valence-corrected chi connectivity index (χ1v) is 12.3. The number of esters is 1. The van der Waals surface area contributed by atoms with Crippen molar-refractivity contribution in [1.29, 1.82) is 0 Å². The van der Waals surface area contributed by atoms with Gasteiger partial charge in [0.1, 0.15) is 5.00 Å². The summed E-state index contributed by atoms with van der Waals surface area (Å²) in [6.07, 6.45) is 5.51. The minimum absolute atomic E-state index is 0.257. The Morgan fingerprint density at radius 2 is 1.87 bits per heavy atom. The third kappa shape index (κ3) is 5.10. The maximum atomic E-state index is 12.6. The monoisotopic (exact) mass is 457 g/mol. The van der Waals surface area contributed by atoms with Gasteiger partial charge in [0.15, 0.2) is 5.11 Å². The van der Waals surface area contributed by atoms with E-state index in [0.717, 1.165) is 57.0 Å². The quantitative estimate of drug-likeness (QED) is 0.410. The highest BCUT2D eigenvalue weighted by atomic mass is 32.1. The molecule has 2 heterocycles. The Morgan fingerprint density at radius 1 is 1.13 bits per heavy atom. The zero-order chi connectivity index (χ0) is 21.8. The molecule has 4 rings (SSSR count). The maximum Gasteiger partial charge on any atom is 0.341 e. The predicted molar refractivity (Wildman–Crippen MR) is 131 cm³/mol. The molecule has 31 heavy (non-hydrogen) atoms. The van der Waals surface area contributed by atoms with Gasteiger partial charge in [-0.25, -0.2) is 4.79 Å². The molecule has 166 valence electrons. The number of carbonyl (C=O) groups excluding carboxylic acids is 1. The maximum absolute atomic E-state index is 12.6. The summed E-state index contributed by atoms with van der Waals surface area (Å²) in [6, 6.07) is 8.59. The number of thiophene rings is 1. The smallest absolute Gasteiger partial charge is 0.341 e. The number of nitrogens with one attached hydrogen (secondary N) is 1. The van der Waals surface area contributed by atoms with Crippen LogP contribution in [0.3, 0.4) is 0 Å². The zero-order valence-corrected chi connectivity index (χ0v) is 20.0. The first kappa shape index (κ1) is 22.2. The Hall–Kier alpha value is -1.96. The number of rotatable bonds is 4. The van der Waals surface area contributed by atoms with Crippen LogP contribution in [0.15, 0.2) is 24.3 Å². The van der Waals surface area contributed by atoms with Crippen LogP contribution >= 0.6 is 23.6 Å². The largest absolute Gasteiger partial charge is 0.465 e. The van der Waals surface area contributed by atoms with E-state index in [0.29, 0.717) is 10.7 Å². The molecule has 0 amide bonds. The zero-order valence-electron chi connectivity index (χ0n) is 18.4. The van der Waals surface area contributed by atoms with E-state index in [9.17, 15) is 4.79 Å². The highest BCUT2D eigenvalue weighted by Crippen LogP contribution is 2.38. The number of hydrogen-bond acceptors (Lipinski definition) is 5. The standard InChI is InChI=1S/C24H31N3O2S2/c1-17-8-6-7-9-18(17)16-26-12-14-27(15-13-26)24(30)25-22-21(23(28)29-2)19-10-4-3-5-11-20(19)31-22/h6-9H,3-5,10-16H2,1-2H3,(H,25,30). The second-order valence-electron chi connectivity index (χ2n) is 8.38. The molecule has 1 aliphatic heterocycles. The van der Waals surface area contributed by atoms with Crippen molar-refractivity contribution in [1.82, 2.24) is 9.80 Å². The Kier molecular flexibility index (Phi) is 7.25. The Balaban J connectivity index is 1.40. The summed E-state index contributed by atoms with van der Waals surface area (Å²) in [5.41, 5.74) is 4.60. The summed E-state index contributed by atoms with van der Waals surface area (Å²) in [6.45, 7) is 6.87. The van der Waals surface area contributed by atoms with Crippen molar-refractivity contribution >= 4 is 39.6 Å². The van der Waals surface area contributed by atoms with E-state index in [1.54, 1.807) is 11.3 Å². The van der Waals surface area contributed by atoms with E-state index < -0.39 is 0 Å². The van der Waals surface area contributed by atoms with Crippen LogP contribution in [0.25, 0.3) is 0 Å². The SMILES string of the molecule is COC(=O)c1c(NC(=S)N2CCN(Cc3ccccc3C)CC2)sc2c1CCCCC2. The second kappa shape index (κ2) is 10.1. The average Bonchev–Trinajstić information content (AvgIpc) is 2.95. The fourth-order valence-corrected chi connectivity index (χ4v) is 6.09. The van der Waals surface area contributed by atoms with E-state index in [-0.39, 0.29) is 5.97 Å². The number of fused-ring (bicyclic) bond motifs is 1. The first-order valence-electron chi connectivity index (χ1n) is 11.1. The molecule has 0 bridgehead atoms. The molecule has 0 radical (unpaired) electrons. The summed E-state index contributed by atoms with van der Waals surface area (Å²) in [4.78, 5) is 18.6. The van der Waals surface area contributed by atoms with E-state index in [4.69, 9.17) is 17.0 Å². The summed E-state index contributed by atoms with van der Waals surface area (Å²) in [7, 11) is 1.46. The fourth-order valence-electron chi connectivity index (χ4n) is 4.46. The third-order valence-corrected chi connectivity index (χ3v) is 7.91.